The van der Waals surface area contributed by atoms with Crippen molar-refractivity contribution in [2.24, 2.45) is 0 Å². The van der Waals surface area contributed by atoms with Crippen LogP contribution in [-0.2, 0) is 4.74 Å². The second-order valence-corrected chi connectivity index (χ2v) is 6.32. The number of aliphatic hydroxyl groups is 1. The van der Waals surface area contributed by atoms with Crippen molar-refractivity contribution < 1.29 is 9.84 Å². The maximum Gasteiger partial charge on any atom is 0.0697 e. The van der Waals surface area contributed by atoms with Crippen molar-refractivity contribution in [3.05, 3.63) is 0 Å². The number of hydrogen-bond donors (Lipinski definition) is 1. The van der Waals surface area contributed by atoms with E-state index < -0.39 is 5.60 Å². The van der Waals surface area contributed by atoms with Crippen LogP contribution in [0.1, 0.15) is 85.0 Å². The fraction of sp³-hybridized carbons (Fsp3) is 1.00. The number of hydrogen-bond acceptors (Lipinski definition) is 2. The van der Waals surface area contributed by atoms with E-state index in [1.807, 2.05) is 0 Å². The first-order valence-electron chi connectivity index (χ1n) is 7.90. The zero-order chi connectivity index (χ0) is 13.5. The van der Waals surface area contributed by atoms with Crippen LogP contribution in [0.2, 0.25) is 0 Å². The number of rotatable bonds is 8. The summed E-state index contributed by atoms with van der Waals surface area (Å²) in [5.74, 6) is 0. The van der Waals surface area contributed by atoms with Crippen molar-refractivity contribution in [2.45, 2.75) is 96.2 Å². The average molecular weight is 256 g/mol. The van der Waals surface area contributed by atoms with Crippen LogP contribution in [0.25, 0.3) is 0 Å². The summed E-state index contributed by atoms with van der Waals surface area (Å²) in [6.45, 7) is 7.25. The van der Waals surface area contributed by atoms with E-state index in [0.717, 1.165) is 32.3 Å². The molecule has 1 heterocycles. The van der Waals surface area contributed by atoms with Gasteiger partial charge in [0.05, 0.1) is 17.8 Å². The minimum Gasteiger partial charge on any atom is -0.390 e. The summed E-state index contributed by atoms with van der Waals surface area (Å²) in [5, 5.41) is 10.7. The van der Waals surface area contributed by atoms with Crippen LogP contribution in [0, 0.1) is 0 Å². The van der Waals surface area contributed by atoms with Gasteiger partial charge in [0, 0.05) is 6.42 Å². The predicted molar refractivity (Wildman–Crippen MR) is 76.8 cm³/mol. The molecule has 1 fully saturated rings. The smallest absolute Gasteiger partial charge is 0.0697 e. The molecule has 108 valence electrons. The average Bonchev–Trinajstić information content (AvgIpc) is 2.33. The first-order valence-corrected chi connectivity index (χ1v) is 7.90. The fourth-order valence-electron chi connectivity index (χ4n) is 3.00. The van der Waals surface area contributed by atoms with Gasteiger partial charge in [-0.2, -0.15) is 0 Å². The van der Waals surface area contributed by atoms with Crippen LogP contribution in [0.15, 0.2) is 0 Å². The summed E-state index contributed by atoms with van der Waals surface area (Å²) in [6, 6.07) is 0. The summed E-state index contributed by atoms with van der Waals surface area (Å²) in [5.41, 5.74) is -0.566. The minimum absolute atomic E-state index is 0.102. The monoisotopic (exact) mass is 256 g/mol. The molecule has 2 heteroatoms. The van der Waals surface area contributed by atoms with Crippen molar-refractivity contribution in [1.29, 1.82) is 0 Å². The first-order chi connectivity index (χ1) is 8.54. The number of unbranched alkanes of at least 4 members (excludes halogenated alkanes) is 5. The molecule has 0 radical (unpaired) electrons. The molecule has 0 aliphatic carbocycles. The molecule has 1 saturated heterocycles. The number of ether oxygens (including phenoxy) is 1. The molecular weight excluding hydrogens is 224 g/mol. The molecule has 2 unspecified atom stereocenters. The van der Waals surface area contributed by atoms with Crippen molar-refractivity contribution in [3.63, 3.8) is 0 Å². The van der Waals surface area contributed by atoms with Crippen molar-refractivity contribution in [1.82, 2.24) is 0 Å². The van der Waals surface area contributed by atoms with Gasteiger partial charge in [-0.3, -0.25) is 0 Å². The third kappa shape index (κ3) is 5.27. The Bertz CT molecular complexity index is 229. The molecule has 0 amide bonds. The SMILES string of the molecule is CCCCCCCCC1(O)CCOC(C)(CC)C1. The zero-order valence-corrected chi connectivity index (χ0v) is 12.6. The molecule has 1 rings (SSSR count). The Hall–Kier alpha value is -0.0800. The standard InChI is InChI=1S/C16H32O2/c1-4-6-7-8-9-10-11-16(17)12-13-18-15(3,5-2)14-16/h17H,4-14H2,1-3H3. The van der Waals surface area contributed by atoms with Crippen molar-refractivity contribution in [2.75, 3.05) is 6.61 Å². The van der Waals surface area contributed by atoms with Crippen LogP contribution in [0.3, 0.4) is 0 Å². The Morgan fingerprint density at radius 3 is 2.39 bits per heavy atom. The highest BCUT2D eigenvalue weighted by Gasteiger charge is 2.40. The van der Waals surface area contributed by atoms with Gasteiger partial charge in [-0.25, -0.2) is 0 Å². The van der Waals surface area contributed by atoms with E-state index in [1.165, 1.54) is 38.5 Å². The van der Waals surface area contributed by atoms with E-state index in [4.69, 9.17) is 4.74 Å². The summed E-state index contributed by atoms with van der Waals surface area (Å²) < 4.78 is 5.81. The van der Waals surface area contributed by atoms with E-state index in [-0.39, 0.29) is 5.60 Å². The van der Waals surface area contributed by atoms with Crippen LogP contribution in [0.5, 0.6) is 0 Å². The Morgan fingerprint density at radius 1 is 1.06 bits per heavy atom. The lowest BCUT2D eigenvalue weighted by molar-refractivity contribution is -0.156. The lowest BCUT2D eigenvalue weighted by Gasteiger charge is -2.43. The maximum atomic E-state index is 10.7. The molecule has 0 bridgehead atoms. The highest BCUT2D eigenvalue weighted by Crippen LogP contribution is 2.37. The summed E-state index contributed by atoms with van der Waals surface area (Å²) >= 11 is 0. The summed E-state index contributed by atoms with van der Waals surface area (Å²) in [7, 11) is 0. The largest absolute Gasteiger partial charge is 0.390 e. The van der Waals surface area contributed by atoms with Gasteiger partial charge in [0.1, 0.15) is 0 Å². The van der Waals surface area contributed by atoms with Gasteiger partial charge in [0.15, 0.2) is 0 Å². The fourth-order valence-corrected chi connectivity index (χ4v) is 3.00. The highest BCUT2D eigenvalue weighted by atomic mass is 16.5. The second-order valence-electron chi connectivity index (χ2n) is 6.32. The second kappa shape index (κ2) is 7.49. The van der Waals surface area contributed by atoms with E-state index in [0.29, 0.717) is 0 Å². The molecule has 1 aliphatic heterocycles. The molecule has 0 aromatic heterocycles. The Balaban J connectivity index is 2.23. The molecule has 1 N–H and O–H groups in total. The normalized spacial score (nSPS) is 32.7. The minimum atomic E-state index is -0.465. The van der Waals surface area contributed by atoms with Gasteiger partial charge in [-0.15, -0.1) is 0 Å². The molecule has 0 saturated carbocycles. The molecule has 0 aromatic carbocycles. The van der Waals surface area contributed by atoms with E-state index in [2.05, 4.69) is 20.8 Å². The molecule has 2 nitrogen and oxygen atoms in total. The van der Waals surface area contributed by atoms with Gasteiger partial charge < -0.3 is 9.84 Å². The molecular formula is C16H32O2. The van der Waals surface area contributed by atoms with Gasteiger partial charge in [0.25, 0.3) is 0 Å². The Morgan fingerprint density at radius 2 is 1.72 bits per heavy atom. The van der Waals surface area contributed by atoms with E-state index >= 15 is 0 Å². The Kier molecular flexibility index (Phi) is 6.65. The predicted octanol–water partition coefficient (Wildman–Crippen LogP) is 4.45. The highest BCUT2D eigenvalue weighted by molar-refractivity contribution is 4.92. The van der Waals surface area contributed by atoms with Gasteiger partial charge in [-0.1, -0.05) is 52.4 Å². The van der Waals surface area contributed by atoms with Gasteiger partial charge in [-0.05, 0) is 26.2 Å². The maximum absolute atomic E-state index is 10.7. The Labute approximate surface area is 113 Å². The molecule has 1 aliphatic rings. The van der Waals surface area contributed by atoms with Crippen LogP contribution < -0.4 is 0 Å². The summed E-state index contributed by atoms with van der Waals surface area (Å²) in [4.78, 5) is 0. The van der Waals surface area contributed by atoms with Gasteiger partial charge in [0.2, 0.25) is 0 Å². The zero-order valence-electron chi connectivity index (χ0n) is 12.6. The van der Waals surface area contributed by atoms with E-state index in [9.17, 15) is 5.11 Å². The topological polar surface area (TPSA) is 29.5 Å². The van der Waals surface area contributed by atoms with Crippen molar-refractivity contribution in [3.8, 4) is 0 Å². The van der Waals surface area contributed by atoms with E-state index in [1.54, 1.807) is 0 Å². The van der Waals surface area contributed by atoms with Crippen LogP contribution >= 0.6 is 0 Å². The molecule has 0 aromatic rings. The summed E-state index contributed by atoms with van der Waals surface area (Å²) in [6.07, 6.45) is 11.3. The van der Waals surface area contributed by atoms with Gasteiger partial charge >= 0.3 is 0 Å². The van der Waals surface area contributed by atoms with Crippen LogP contribution in [0.4, 0.5) is 0 Å². The quantitative estimate of drug-likeness (QED) is 0.650. The lowest BCUT2D eigenvalue weighted by Crippen LogP contribution is -2.47. The van der Waals surface area contributed by atoms with Crippen molar-refractivity contribution >= 4 is 0 Å². The molecule has 18 heavy (non-hydrogen) atoms. The lowest BCUT2D eigenvalue weighted by atomic mass is 9.79. The molecule has 0 spiro atoms. The third-order valence-corrected chi connectivity index (χ3v) is 4.46. The van der Waals surface area contributed by atoms with Crippen LogP contribution in [-0.4, -0.2) is 22.9 Å². The first kappa shape index (κ1) is 16.0. The third-order valence-electron chi connectivity index (χ3n) is 4.46. The molecule has 2 atom stereocenters.